The Morgan fingerprint density at radius 3 is 2.52 bits per heavy atom. The average Bonchev–Trinajstić information content (AvgIpc) is 3.40. The van der Waals surface area contributed by atoms with E-state index in [1.165, 1.54) is 12.8 Å². The first-order chi connectivity index (χ1) is 13.2. The van der Waals surface area contributed by atoms with Gasteiger partial charge in [-0.3, -0.25) is 4.79 Å². The lowest BCUT2D eigenvalue weighted by Crippen LogP contribution is -2.29. The minimum absolute atomic E-state index is 0.0463. The van der Waals surface area contributed by atoms with E-state index in [4.69, 9.17) is 0 Å². The summed E-state index contributed by atoms with van der Waals surface area (Å²) in [5, 5.41) is 4.42. The molecule has 1 aliphatic heterocycles. The summed E-state index contributed by atoms with van der Waals surface area (Å²) < 4.78 is 1.84. The standard InChI is InChI=1S/C22H24N4O/c1-24(16-18-15-23-26(17-18)19-9-3-2-4-10-19)22(27)20-11-5-6-12-21(20)25-13-7-8-14-25/h2-6,9-12,15,17H,7-8,13-14,16H2,1H3. The summed E-state index contributed by atoms with van der Waals surface area (Å²) >= 11 is 0. The molecular weight excluding hydrogens is 336 g/mol. The van der Waals surface area contributed by atoms with Gasteiger partial charge in [-0.2, -0.15) is 5.10 Å². The summed E-state index contributed by atoms with van der Waals surface area (Å²) in [6.45, 7) is 2.58. The van der Waals surface area contributed by atoms with Gasteiger partial charge in [0.25, 0.3) is 5.91 Å². The van der Waals surface area contributed by atoms with Gasteiger partial charge in [0.05, 0.1) is 17.4 Å². The lowest BCUT2D eigenvalue weighted by molar-refractivity contribution is 0.0785. The molecule has 4 rings (SSSR count). The maximum Gasteiger partial charge on any atom is 0.256 e. The highest BCUT2D eigenvalue weighted by Crippen LogP contribution is 2.25. The van der Waals surface area contributed by atoms with Gasteiger partial charge in [-0.1, -0.05) is 30.3 Å². The van der Waals surface area contributed by atoms with Crippen LogP contribution >= 0.6 is 0 Å². The summed E-state index contributed by atoms with van der Waals surface area (Å²) in [4.78, 5) is 17.2. The Bertz CT molecular complexity index is 913. The molecule has 1 aromatic heterocycles. The van der Waals surface area contributed by atoms with Crippen LogP contribution in [-0.2, 0) is 6.54 Å². The second-order valence-electron chi connectivity index (χ2n) is 7.00. The van der Waals surface area contributed by atoms with Crippen LogP contribution in [-0.4, -0.2) is 40.7 Å². The third-order valence-corrected chi connectivity index (χ3v) is 5.00. The van der Waals surface area contributed by atoms with Gasteiger partial charge in [0, 0.05) is 44.1 Å². The van der Waals surface area contributed by atoms with Gasteiger partial charge in [0.15, 0.2) is 0 Å². The normalized spacial score (nSPS) is 13.7. The van der Waals surface area contributed by atoms with Crippen LogP contribution in [0.1, 0.15) is 28.8 Å². The van der Waals surface area contributed by atoms with E-state index < -0.39 is 0 Å². The number of carbonyl (C=O) groups is 1. The van der Waals surface area contributed by atoms with Crippen LogP contribution in [0.2, 0.25) is 0 Å². The van der Waals surface area contributed by atoms with E-state index in [0.717, 1.165) is 35.6 Å². The fourth-order valence-electron chi connectivity index (χ4n) is 3.60. The highest BCUT2D eigenvalue weighted by molar-refractivity contribution is 5.99. The Hall–Kier alpha value is -3.08. The SMILES string of the molecule is CN(Cc1cnn(-c2ccccc2)c1)C(=O)c1ccccc1N1CCCC1. The quantitative estimate of drug-likeness (QED) is 0.696. The number of para-hydroxylation sites is 2. The summed E-state index contributed by atoms with van der Waals surface area (Å²) in [6.07, 6.45) is 6.18. The van der Waals surface area contributed by atoms with Gasteiger partial charge in [0.1, 0.15) is 0 Å². The number of carbonyl (C=O) groups excluding carboxylic acids is 1. The van der Waals surface area contributed by atoms with E-state index in [1.54, 1.807) is 4.90 Å². The molecule has 2 heterocycles. The van der Waals surface area contributed by atoms with Gasteiger partial charge >= 0.3 is 0 Å². The lowest BCUT2D eigenvalue weighted by Gasteiger charge is -2.23. The third kappa shape index (κ3) is 3.72. The summed E-state index contributed by atoms with van der Waals surface area (Å²) in [7, 11) is 1.85. The molecule has 27 heavy (non-hydrogen) atoms. The van der Waals surface area contributed by atoms with E-state index in [0.29, 0.717) is 6.54 Å². The smallest absolute Gasteiger partial charge is 0.256 e. The largest absolute Gasteiger partial charge is 0.371 e. The van der Waals surface area contributed by atoms with Crippen molar-refractivity contribution in [3.8, 4) is 5.69 Å². The van der Waals surface area contributed by atoms with Gasteiger partial charge < -0.3 is 9.80 Å². The summed E-state index contributed by atoms with van der Waals surface area (Å²) in [6, 6.07) is 17.9. The molecule has 3 aromatic rings. The summed E-state index contributed by atoms with van der Waals surface area (Å²) in [5.74, 6) is 0.0463. The molecule has 5 heteroatoms. The molecule has 1 aliphatic rings. The molecule has 1 amide bonds. The highest BCUT2D eigenvalue weighted by atomic mass is 16.2. The van der Waals surface area contributed by atoms with Crippen molar-refractivity contribution in [3.05, 3.63) is 78.1 Å². The van der Waals surface area contributed by atoms with E-state index in [2.05, 4.69) is 16.1 Å². The van der Waals surface area contributed by atoms with Crippen molar-refractivity contribution >= 4 is 11.6 Å². The number of hydrogen-bond acceptors (Lipinski definition) is 3. The van der Waals surface area contributed by atoms with Gasteiger partial charge in [0.2, 0.25) is 0 Å². The predicted molar refractivity (Wildman–Crippen MR) is 107 cm³/mol. The first kappa shape index (κ1) is 17.3. The number of aromatic nitrogens is 2. The van der Waals surface area contributed by atoms with E-state index in [1.807, 2.05) is 72.7 Å². The Balaban J connectivity index is 1.50. The van der Waals surface area contributed by atoms with Gasteiger partial charge in [-0.15, -0.1) is 0 Å². The predicted octanol–water partition coefficient (Wildman–Crippen LogP) is 3.74. The molecule has 5 nitrogen and oxygen atoms in total. The van der Waals surface area contributed by atoms with Crippen molar-refractivity contribution < 1.29 is 4.79 Å². The highest BCUT2D eigenvalue weighted by Gasteiger charge is 2.21. The Labute approximate surface area is 159 Å². The van der Waals surface area contributed by atoms with Crippen LogP contribution in [0.4, 0.5) is 5.69 Å². The van der Waals surface area contributed by atoms with E-state index in [9.17, 15) is 4.79 Å². The zero-order valence-electron chi connectivity index (χ0n) is 15.6. The molecule has 2 aromatic carbocycles. The number of hydrogen-bond donors (Lipinski definition) is 0. The van der Waals surface area contributed by atoms with Crippen LogP contribution in [0, 0.1) is 0 Å². The van der Waals surface area contributed by atoms with Crippen molar-refractivity contribution in [2.45, 2.75) is 19.4 Å². The van der Waals surface area contributed by atoms with Crippen molar-refractivity contribution in [1.29, 1.82) is 0 Å². The van der Waals surface area contributed by atoms with Crippen LogP contribution in [0.5, 0.6) is 0 Å². The molecule has 138 valence electrons. The Kier molecular flexibility index (Phi) is 4.92. The molecule has 0 atom stereocenters. The summed E-state index contributed by atoms with van der Waals surface area (Å²) in [5.41, 5.74) is 3.84. The molecule has 0 radical (unpaired) electrons. The second kappa shape index (κ2) is 7.66. The Morgan fingerprint density at radius 1 is 1.04 bits per heavy atom. The molecule has 0 unspecified atom stereocenters. The zero-order valence-corrected chi connectivity index (χ0v) is 15.6. The third-order valence-electron chi connectivity index (χ3n) is 5.00. The fraction of sp³-hybridized carbons (Fsp3) is 0.273. The first-order valence-corrected chi connectivity index (χ1v) is 9.41. The van der Waals surface area contributed by atoms with Crippen molar-refractivity contribution in [2.24, 2.45) is 0 Å². The molecule has 0 bridgehead atoms. The van der Waals surface area contributed by atoms with Crippen LogP contribution in [0.15, 0.2) is 67.0 Å². The number of amides is 1. The van der Waals surface area contributed by atoms with Crippen LogP contribution in [0.25, 0.3) is 5.69 Å². The maximum absolute atomic E-state index is 13.1. The molecule has 0 aliphatic carbocycles. The molecule has 1 fully saturated rings. The zero-order chi connectivity index (χ0) is 18.6. The van der Waals surface area contributed by atoms with Crippen molar-refractivity contribution in [1.82, 2.24) is 14.7 Å². The monoisotopic (exact) mass is 360 g/mol. The minimum atomic E-state index is 0.0463. The molecule has 1 saturated heterocycles. The lowest BCUT2D eigenvalue weighted by atomic mass is 10.1. The molecule has 0 saturated carbocycles. The van der Waals surface area contributed by atoms with Crippen molar-refractivity contribution in [2.75, 3.05) is 25.0 Å². The number of benzene rings is 2. The minimum Gasteiger partial charge on any atom is -0.371 e. The topological polar surface area (TPSA) is 41.4 Å². The van der Waals surface area contributed by atoms with E-state index in [-0.39, 0.29) is 5.91 Å². The molecule has 0 spiro atoms. The number of anilines is 1. The molecule has 0 N–H and O–H groups in total. The Morgan fingerprint density at radius 2 is 1.74 bits per heavy atom. The number of rotatable bonds is 5. The van der Waals surface area contributed by atoms with E-state index >= 15 is 0 Å². The van der Waals surface area contributed by atoms with Gasteiger partial charge in [-0.05, 0) is 37.1 Å². The van der Waals surface area contributed by atoms with Crippen molar-refractivity contribution in [3.63, 3.8) is 0 Å². The van der Waals surface area contributed by atoms with Crippen LogP contribution < -0.4 is 4.90 Å². The molecular formula is C22H24N4O. The first-order valence-electron chi connectivity index (χ1n) is 9.41. The number of nitrogens with zero attached hydrogens (tertiary/aromatic N) is 4. The fourth-order valence-corrected chi connectivity index (χ4v) is 3.60. The second-order valence-corrected chi connectivity index (χ2v) is 7.00. The van der Waals surface area contributed by atoms with Crippen LogP contribution in [0.3, 0.4) is 0 Å². The van der Waals surface area contributed by atoms with Gasteiger partial charge in [-0.25, -0.2) is 4.68 Å². The maximum atomic E-state index is 13.1. The average molecular weight is 360 g/mol.